The maximum atomic E-state index is 10.5. The van der Waals surface area contributed by atoms with Crippen molar-refractivity contribution in [3.05, 3.63) is 41.5 Å². The summed E-state index contributed by atoms with van der Waals surface area (Å²) in [4.78, 5) is 10.5. The monoisotopic (exact) mass is 234 g/mol. The van der Waals surface area contributed by atoms with E-state index in [1.807, 2.05) is 45.0 Å². The Morgan fingerprint density at radius 3 is 2.41 bits per heavy atom. The summed E-state index contributed by atoms with van der Waals surface area (Å²) >= 11 is 0. The third-order valence-corrected chi connectivity index (χ3v) is 2.15. The van der Waals surface area contributed by atoms with E-state index in [9.17, 15) is 4.79 Å². The van der Waals surface area contributed by atoms with Gasteiger partial charge in [-0.1, -0.05) is 17.7 Å². The van der Waals surface area contributed by atoms with Crippen LogP contribution in [0.1, 0.15) is 26.3 Å². The van der Waals surface area contributed by atoms with Crippen LogP contribution in [0.5, 0.6) is 5.75 Å². The molecular formula is C14H18O3. The lowest BCUT2D eigenvalue weighted by molar-refractivity contribution is -0.131. The van der Waals surface area contributed by atoms with E-state index in [-0.39, 0.29) is 6.10 Å². The van der Waals surface area contributed by atoms with Crippen molar-refractivity contribution < 1.29 is 14.6 Å². The molecule has 0 amide bonds. The summed E-state index contributed by atoms with van der Waals surface area (Å²) in [7, 11) is 0. The van der Waals surface area contributed by atoms with Crippen molar-refractivity contribution in [3.63, 3.8) is 0 Å². The zero-order valence-corrected chi connectivity index (χ0v) is 10.4. The molecule has 3 nitrogen and oxygen atoms in total. The molecule has 1 rings (SSSR count). The van der Waals surface area contributed by atoms with Crippen molar-refractivity contribution in [2.45, 2.75) is 33.3 Å². The van der Waals surface area contributed by atoms with Crippen LogP contribution >= 0.6 is 0 Å². The van der Waals surface area contributed by atoms with E-state index < -0.39 is 5.97 Å². The molecule has 0 spiro atoms. The first-order valence-electron chi connectivity index (χ1n) is 5.63. The van der Waals surface area contributed by atoms with Crippen LogP contribution in [-0.2, 0) is 11.2 Å². The van der Waals surface area contributed by atoms with Gasteiger partial charge in [0.05, 0.1) is 6.10 Å². The Balaban J connectivity index is 2.65. The summed E-state index contributed by atoms with van der Waals surface area (Å²) in [6.07, 6.45) is 2.04. The molecular weight excluding hydrogens is 216 g/mol. The Kier molecular flexibility index (Phi) is 4.76. The number of rotatable bonds is 5. The van der Waals surface area contributed by atoms with E-state index in [0.29, 0.717) is 6.42 Å². The summed E-state index contributed by atoms with van der Waals surface area (Å²) in [5.41, 5.74) is 1.91. The molecule has 0 aliphatic rings. The first-order valence-corrected chi connectivity index (χ1v) is 5.63. The second kappa shape index (κ2) is 6.09. The van der Waals surface area contributed by atoms with Crippen LogP contribution in [-0.4, -0.2) is 17.2 Å². The molecule has 1 aromatic carbocycles. The number of carboxylic acids is 1. The van der Waals surface area contributed by atoms with Gasteiger partial charge in [-0.05, 0) is 44.9 Å². The van der Waals surface area contributed by atoms with Crippen molar-refractivity contribution in [1.29, 1.82) is 0 Å². The number of hydrogen-bond acceptors (Lipinski definition) is 2. The van der Waals surface area contributed by atoms with Crippen molar-refractivity contribution in [2.75, 3.05) is 0 Å². The molecule has 92 valence electrons. The second-order valence-corrected chi connectivity index (χ2v) is 4.32. The number of allylic oxidation sites excluding steroid dienone is 1. The lowest BCUT2D eigenvalue weighted by Gasteiger charge is -2.10. The third-order valence-electron chi connectivity index (χ3n) is 2.15. The van der Waals surface area contributed by atoms with Crippen LogP contribution in [0.4, 0.5) is 0 Å². The van der Waals surface area contributed by atoms with Gasteiger partial charge >= 0.3 is 5.97 Å². The lowest BCUT2D eigenvalue weighted by atomic mass is 10.1. The van der Waals surface area contributed by atoms with E-state index in [4.69, 9.17) is 9.84 Å². The van der Waals surface area contributed by atoms with Gasteiger partial charge in [-0.15, -0.1) is 0 Å². The molecule has 0 aliphatic heterocycles. The molecule has 0 fully saturated rings. The molecule has 0 saturated heterocycles. The number of carboxylic acid groups (broad SMARTS) is 1. The van der Waals surface area contributed by atoms with Crippen molar-refractivity contribution in [3.8, 4) is 5.75 Å². The zero-order valence-electron chi connectivity index (χ0n) is 10.4. The van der Waals surface area contributed by atoms with Gasteiger partial charge in [0.1, 0.15) is 5.75 Å². The minimum atomic E-state index is -0.901. The Labute approximate surface area is 102 Å². The highest BCUT2D eigenvalue weighted by atomic mass is 16.5. The lowest BCUT2D eigenvalue weighted by Crippen LogP contribution is -2.05. The smallest absolute Gasteiger partial charge is 0.328 e. The molecule has 0 aromatic heterocycles. The fourth-order valence-electron chi connectivity index (χ4n) is 1.54. The average Bonchev–Trinajstić information content (AvgIpc) is 2.18. The number of hydrogen-bond donors (Lipinski definition) is 1. The Morgan fingerprint density at radius 2 is 1.94 bits per heavy atom. The molecule has 0 aliphatic carbocycles. The minimum absolute atomic E-state index is 0.162. The minimum Gasteiger partial charge on any atom is -0.491 e. The highest BCUT2D eigenvalue weighted by molar-refractivity contribution is 5.80. The molecule has 3 heteroatoms. The van der Waals surface area contributed by atoms with Gasteiger partial charge in [-0.2, -0.15) is 0 Å². The van der Waals surface area contributed by atoms with Crippen LogP contribution in [0, 0.1) is 0 Å². The Bertz CT molecular complexity index is 402. The molecule has 0 radical (unpaired) electrons. The predicted molar refractivity (Wildman–Crippen MR) is 67.3 cm³/mol. The first kappa shape index (κ1) is 13.3. The zero-order chi connectivity index (χ0) is 12.8. The molecule has 0 bridgehead atoms. The number of aliphatic carboxylic acids is 1. The van der Waals surface area contributed by atoms with Gasteiger partial charge in [0.2, 0.25) is 0 Å². The topological polar surface area (TPSA) is 46.5 Å². The van der Waals surface area contributed by atoms with Crippen LogP contribution in [0.25, 0.3) is 0 Å². The molecule has 0 unspecified atom stereocenters. The normalized spacial score (nSPS) is 11.6. The molecule has 1 aromatic rings. The van der Waals surface area contributed by atoms with Gasteiger partial charge in [0.15, 0.2) is 0 Å². The van der Waals surface area contributed by atoms with E-state index in [1.165, 1.54) is 6.08 Å². The first-order chi connectivity index (χ1) is 7.97. The van der Waals surface area contributed by atoms with E-state index in [1.54, 1.807) is 0 Å². The van der Waals surface area contributed by atoms with Crippen molar-refractivity contribution in [1.82, 2.24) is 0 Å². The summed E-state index contributed by atoms with van der Waals surface area (Å²) in [6, 6.07) is 7.72. The summed E-state index contributed by atoms with van der Waals surface area (Å²) < 4.78 is 5.53. The quantitative estimate of drug-likeness (QED) is 0.796. The van der Waals surface area contributed by atoms with Crippen LogP contribution in [0.15, 0.2) is 35.9 Å². The van der Waals surface area contributed by atoms with Gasteiger partial charge in [-0.3, -0.25) is 0 Å². The predicted octanol–water partition coefficient (Wildman–Crippen LogP) is 3.05. The maximum absolute atomic E-state index is 10.5. The highest BCUT2D eigenvalue weighted by Gasteiger charge is 2.00. The fraction of sp³-hybridized carbons (Fsp3) is 0.357. The van der Waals surface area contributed by atoms with Crippen molar-refractivity contribution >= 4 is 5.97 Å². The second-order valence-electron chi connectivity index (χ2n) is 4.32. The molecule has 0 saturated carbocycles. The van der Waals surface area contributed by atoms with Crippen LogP contribution in [0.2, 0.25) is 0 Å². The van der Waals surface area contributed by atoms with Gasteiger partial charge in [0, 0.05) is 6.08 Å². The fourth-order valence-corrected chi connectivity index (χ4v) is 1.54. The van der Waals surface area contributed by atoms with Gasteiger partial charge < -0.3 is 9.84 Å². The third kappa shape index (κ3) is 5.20. The van der Waals surface area contributed by atoms with E-state index in [2.05, 4.69) is 0 Å². The highest BCUT2D eigenvalue weighted by Crippen LogP contribution is 2.15. The number of carbonyl (C=O) groups is 1. The van der Waals surface area contributed by atoms with Crippen molar-refractivity contribution in [2.24, 2.45) is 0 Å². The Hall–Kier alpha value is -1.77. The molecule has 17 heavy (non-hydrogen) atoms. The summed E-state index contributed by atoms with van der Waals surface area (Å²) in [5, 5.41) is 8.61. The maximum Gasteiger partial charge on any atom is 0.328 e. The van der Waals surface area contributed by atoms with Crippen LogP contribution < -0.4 is 4.74 Å². The van der Waals surface area contributed by atoms with Gasteiger partial charge in [-0.25, -0.2) is 4.79 Å². The summed E-state index contributed by atoms with van der Waals surface area (Å²) in [6.45, 7) is 5.77. The van der Waals surface area contributed by atoms with E-state index in [0.717, 1.165) is 16.9 Å². The van der Waals surface area contributed by atoms with Gasteiger partial charge in [0.25, 0.3) is 0 Å². The Morgan fingerprint density at radius 1 is 1.35 bits per heavy atom. The summed E-state index contributed by atoms with van der Waals surface area (Å²) in [5.74, 6) is -0.0640. The molecule has 1 N–H and O–H groups in total. The molecule has 0 atom stereocenters. The number of benzene rings is 1. The van der Waals surface area contributed by atoms with E-state index >= 15 is 0 Å². The number of ether oxygens (including phenoxy) is 1. The standard InChI is InChI=1S/C14H18O3/c1-10(2)17-13-6-4-12(5-7-13)8-11(3)9-14(15)16/h4-7,9-10H,8H2,1-3H3,(H,15,16)/b11-9+. The average molecular weight is 234 g/mol. The van der Waals surface area contributed by atoms with Crippen LogP contribution in [0.3, 0.4) is 0 Å². The largest absolute Gasteiger partial charge is 0.491 e. The SMILES string of the molecule is C/C(=C\C(=O)O)Cc1ccc(OC(C)C)cc1. The molecule has 0 heterocycles.